The summed E-state index contributed by atoms with van der Waals surface area (Å²) >= 11 is 0. The first-order valence-corrected chi connectivity index (χ1v) is 8.47. The van der Waals surface area contributed by atoms with Gasteiger partial charge in [0.25, 0.3) is 0 Å². The van der Waals surface area contributed by atoms with Crippen molar-refractivity contribution in [2.75, 3.05) is 32.8 Å². The van der Waals surface area contributed by atoms with Crippen molar-refractivity contribution in [3.05, 3.63) is 24.2 Å². The molecule has 4 heterocycles. The summed E-state index contributed by atoms with van der Waals surface area (Å²) in [6.07, 6.45) is 8.87. The van der Waals surface area contributed by atoms with Crippen LogP contribution in [0.5, 0.6) is 0 Å². The lowest BCUT2D eigenvalue weighted by molar-refractivity contribution is 0.0504. The lowest BCUT2D eigenvalue weighted by atomic mass is 9.99. The Hall–Kier alpha value is -0.840. The molecule has 0 aliphatic carbocycles. The highest BCUT2D eigenvalue weighted by Crippen LogP contribution is 2.34. The second-order valence-corrected chi connectivity index (χ2v) is 6.86. The Morgan fingerprint density at radius 1 is 1.00 bits per heavy atom. The van der Waals surface area contributed by atoms with Crippen molar-refractivity contribution in [3.8, 4) is 0 Å². The number of fused-ring (bicyclic) bond motifs is 1. The van der Waals surface area contributed by atoms with Gasteiger partial charge >= 0.3 is 0 Å². The van der Waals surface area contributed by atoms with Gasteiger partial charge in [0.05, 0.1) is 12.5 Å². The van der Waals surface area contributed by atoms with Gasteiger partial charge in [0.15, 0.2) is 0 Å². The van der Waals surface area contributed by atoms with Crippen LogP contribution in [-0.4, -0.2) is 54.7 Å². The van der Waals surface area contributed by atoms with Crippen LogP contribution in [-0.2, 0) is 11.3 Å². The molecular formula is C17H26N2O2. The van der Waals surface area contributed by atoms with Crippen LogP contribution >= 0.6 is 0 Å². The summed E-state index contributed by atoms with van der Waals surface area (Å²) in [5.74, 6) is 0.862. The maximum absolute atomic E-state index is 5.49. The van der Waals surface area contributed by atoms with Gasteiger partial charge in [-0.25, -0.2) is 0 Å². The van der Waals surface area contributed by atoms with Crippen molar-refractivity contribution >= 4 is 0 Å². The van der Waals surface area contributed by atoms with Gasteiger partial charge in [-0.05, 0) is 37.7 Å². The second kappa shape index (κ2) is 6.11. The van der Waals surface area contributed by atoms with Crippen LogP contribution in [0.1, 0.15) is 31.2 Å². The second-order valence-electron chi connectivity index (χ2n) is 6.86. The molecule has 0 radical (unpaired) electrons. The first-order valence-electron chi connectivity index (χ1n) is 8.47. The molecule has 116 valence electrons. The number of rotatable bonds is 4. The molecule has 0 spiro atoms. The van der Waals surface area contributed by atoms with Crippen molar-refractivity contribution in [2.24, 2.45) is 5.92 Å². The van der Waals surface area contributed by atoms with Crippen LogP contribution in [0.4, 0.5) is 0 Å². The van der Waals surface area contributed by atoms with Gasteiger partial charge in [-0.3, -0.25) is 9.80 Å². The zero-order valence-electron chi connectivity index (χ0n) is 12.7. The summed E-state index contributed by atoms with van der Waals surface area (Å²) in [6.45, 7) is 6.82. The third kappa shape index (κ3) is 2.89. The molecule has 0 bridgehead atoms. The largest absolute Gasteiger partial charge is 0.472 e. The molecule has 3 saturated heterocycles. The fourth-order valence-electron chi connectivity index (χ4n) is 4.47. The lowest BCUT2D eigenvalue weighted by Gasteiger charge is -2.30. The monoisotopic (exact) mass is 290 g/mol. The number of hydrogen-bond acceptors (Lipinski definition) is 4. The van der Waals surface area contributed by atoms with Crippen LogP contribution in [0, 0.1) is 5.92 Å². The topological polar surface area (TPSA) is 28.9 Å². The van der Waals surface area contributed by atoms with Crippen molar-refractivity contribution in [2.45, 2.75) is 44.3 Å². The summed E-state index contributed by atoms with van der Waals surface area (Å²) in [5.41, 5.74) is 1.32. The van der Waals surface area contributed by atoms with E-state index in [4.69, 9.17) is 9.15 Å². The van der Waals surface area contributed by atoms with Crippen LogP contribution in [0.3, 0.4) is 0 Å². The predicted molar refractivity (Wildman–Crippen MR) is 81.0 cm³/mol. The summed E-state index contributed by atoms with van der Waals surface area (Å²) in [7, 11) is 0. The molecule has 3 aliphatic heterocycles. The minimum atomic E-state index is 0.764. The quantitative estimate of drug-likeness (QED) is 0.851. The van der Waals surface area contributed by atoms with Crippen LogP contribution in [0.2, 0.25) is 0 Å². The van der Waals surface area contributed by atoms with E-state index in [1.807, 2.05) is 6.26 Å². The molecule has 4 nitrogen and oxygen atoms in total. The molecule has 0 N–H and O–H groups in total. The highest BCUT2D eigenvalue weighted by Gasteiger charge is 2.42. The van der Waals surface area contributed by atoms with E-state index in [1.54, 1.807) is 6.26 Å². The molecule has 3 fully saturated rings. The van der Waals surface area contributed by atoms with E-state index < -0.39 is 0 Å². The standard InChI is InChI=1S/C17H26N2O2/c1-6-18(11-14-3-8-20-9-4-14)16-2-7-19(17(1)16)12-15-5-10-21-13-15/h5,10,13-14,16-17H,1-4,6-9,11-12H2/t16-,17+/m0/s1. The van der Waals surface area contributed by atoms with Gasteiger partial charge in [0.1, 0.15) is 0 Å². The Labute approximate surface area is 127 Å². The van der Waals surface area contributed by atoms with E-state index in [0.717, 1.165) is 37.8 Å². The summed E-state index contributed by atoms with van der Waals surface area (Å²) in [4.78, 5) is 5.44. The SMILES string of the molecule is c1cc(CN2CC[C@H]3[C@H]2CCN3CC2CCOCC2)co1. The normalized spacial score (nSPS) is 31.8. The van der Waals surface area contributed by atoms with Crippen molar-refractivity contribution in [1.82, 2.24) is 9.80 Å². The molecule has 0 amide bonds. The molecule has 3 aliphatic rings. The molecule has 4 rings (SSSR count). The van der Waals surface area contributed by atoms with E-state index in [0.29, 0.717) is 0 Å². The molecular weight excluding hydrogens is 264 g/mol. The number of furan rings is 1. The molecule has 0 unspecified atom stereocenters. The Morgan fingerprint density at radius 3 is 2.52 bits per heavy atom. The Morgan fingerprint density at radius 2 is 1.76 bits per heavy atom. The lowest BCUT2D eigenvalue weighted by Crippen LogP contribution is -2.39. The average molecular weight is 290 g/mol. The van der Waals surface area contributed by atoms with Crippen LogP contribution in [0.15, 0.2) is 23.0 Å². The number of likely N-dealkylation sites (tertiary alicyclic amines) is 2. The van der Waals surface area contributed by atoms with Gasteiger partial charge in [-0.15, -0.1) is 0 Å². The molecule has 0 saturated carbocycles. The summed E-state index contributed by atoms with van der Waals surface area (Å²) in [5, 5.41) is 0. The van der Waals surface area contributed by atoms with Crippen LogP contribution < -0.4 is 0 Å². The molecule has 0 aromatic carbocycles. The maximum atomic E-state index is 5.49. The number of nitrogens with zero attached hydrogens (tertiary/aromatic N) is 2. The maximum Gasteiger partial charge on any atom is 0.0947 e. The fourth-order valence-corrected chi connectivity index (χ4v) is 4.47. The molecule has 1 aromatic rings. The van der Waals surface area contributed by atoms with Gasteiger partial charge in [-0.1, -0.05) is 0 Å². The Balaban J connectivity index is 1.34. The minimum absolute atomic E-state index is 0.764. The Kier molecular flexibility index (Phi) is 4.01. The summed E-state index contributed by atoms with van der Waals surface area (Å²) < 4.78 is 10.7. The molecule has 21 heavy (non-hydrogen) atoms. The molecule has 4 heteroatoms. The van der Waals surface area contributed by atoms with E-state index in [9.17, 15) is 0 Å². The zero-order chi connectivity index (χ0) is 14.1. The first-order chi connectivity index (χ1) is 10.4. The van der Waals surface area contributed by atoms with Crippen molar-refractivity contribution in [1.29, 1.82) is 0 Å². The van der Waals surface area contributed by atoms with Crippen LogP contribution in [0.25, 0.3) is 0 Å². The predicted octanol–water partition coefficient (Wildman–Crippen LogP) is 2.35. The summed E-state index contributed by atoms with van der Waals surface area (Å²) in [6, 6.07) is 3.65. The third-order valence-corrected chi connectivity index (χ3v) is 5.61. The molecule has 1 aromatic heterocycles. The van der Waals surface area contributed by atoms with E-state index in [2.05, 4.69) is 15.9 Å². The first kappa shape index (κ1) is 13.8. The van der Waals surface area contributed by atoms with E-state index in [1.165, 1.54) is 50.9 Å². The highest BCUT2D eigenvalue weighted by atomic mass is 16.5. The fraction of sp³-hybridized carbons (Fsp3) is 0.765. The minimum Gasteiger partial charge on any atom is -0.472 e. The van der Waals surface area contributed by atoms with Crippen molar-refractivity contribution < 1.29 is 9.15 Å². The third-order valence-electron chi connectivity index (χ3n) is 5.61. The van der Waals surface area contributed by atoms with E-state index in [-0.39, 0.29) is 0 Å². The van der Waals surface area contributed by atoms with Gasteiger partial charge in [0.2, 0.25) is 0 Å². The van der Waals surface area contributed by atoms with Gasteiger partial charge < -0.3 is 9.15 Å². The number of ether oxygens (including phenoxy) is 1. The van der Waals surface area contributed by atoms with Gasteiger partial charge in [0, 0.05) is 57.0 Å². The van der Waals surface area contributed by atoms with Gasteiger partial charge in [-0.2, -0.15) is 0 Å². The smallest absolute Gasteiger partial charge is 0.0947 e. The van der Waals surface area contributed by atoms with Crippen molar-refractivity contribution in [3.63, 3.8) is 0 Å². The average Bonchev–Trinajstić information content (AvgIpc) is 3.21. The zero-order valence-corrected chi connectivity index (χ0v) is 12.7. The highest BCUT2D eigenvalue weighted by molar-refractivity contribution is 5.08. The number of hydrogen-bond donors (Lipinski definition) is 0. The van der Waals surface area contributed by atoms with E-state index >= 15 is 0 Å². The molecule has 2 atom stereocenters. The Bertz CT molecular complexity index is 442.